The van der Waals surface area contributed by atoms with Crippen molar-refractivity contribution in [3.05, 3.63) is 83.9 Å². The normalized spacial score (nSPS) is 11.4. The molecule has 3 aromatic carbocycles. The van der Waals surface area contributed by atoms with Crippen molar-refractivity contribution in [2.45, 2.75) is 13.3 Å². The number of nitrogens with zero attached hydrogens (tertiary/aromatic N) is 1. The number of benzene rings is 3. The van der Waals surface area contributed by atoms with Gasteiger partial charge in [-0.1, -0.05) is 61.5 Å². The number of amides is 1. The van der Waals surface area contributed by atoms with Crippen LogP contribution in [0.5, 0.6) is 0 Å². The summed E-state index contributed by atoms with van der Waals surface area (Å²) < 4.78 is 0. The van der Waals surface area contributed by atoms with Crippen LogP contribution in [0.15, 0.2) is 77.9 Å². The van der Waals surface area contributed by atoms with Gasteiger partial charge in [0.1, 0.15) is 0 Å². The maximum absolute atomic E-state index is 12.1. The molecule has 0 saturated heterocycles. The number of hydrazone groups is 1. The lowest BCUT2D eigenvalue weighted by Gasteiger charge is -2.07. The van der Waals surface area contributed by atoms with E-state index in [0.717, 1.165) is 17.7 Å². The largest absolute Gasteiger partial charge is 0.271 e. The molecule has 0 fully saturated rings. The Labute approximate surface area is 135 Å². The van der Waals surface area contributed by atoms with Crippen molar-refractivity contribution < 1.29 is 4.79 Å². The smallest absolute Gasteiger partial charge is 0.267 e. The Morgan fingerprint density at radius 2 is 1.57 bits per heavy atom. The van der Waals surface area contributed by atoms with Gasteiger partial charge in [0.25, 0.3) is 5.91 Å². The predicted octanol–water partition coefficient (Wildman–Crippen LogP) is 4.38. The molecule has 1 N–H and O–H groups in total. The van der Waals surface area contributed by atoms with E-state index in [2.05, 4.69) is 34.8 Å². The SMILES string of the molecule is CC/C(=N\NC(=O)c1ccccc1)c1ccc2ccccc2c1. The van der Waals surface area contributed by atoms with E-state index < -0.39 is 0 Å². The molecule has 0 saturated carbocycles. The number of hydrogen-bond donors (Lipinski definition) is 1. The van der Waals surface area contributed by atoms with E-state index in [4.69, 9.17) is 0 Å². The van der Waals surface area contributed by atoms with Crippen LogP contribution in [-0.2, 0) is 0 Å². The van der Waals surface area contributed by atoms with Crippen LogP contribution in [0.2, 0.25) is 0 Å². The summed E-state index contributed by atoms with van der Waals surface area (Å²) in [5.74, 6) is -0.197. The first-order chi connectivity index (χ1) is 11.3. The van der Waals surface area contributed by atoms with E-state index in [0.29, 0.717) is 5.56 Å². The Morgan fingerprint density at radius 3 is 2.30 bits per heavy atom. The van der Waals surface area contributed by atoms with E-state index >= 15 is 0 Å². The topological polar surface area (TPSA) is 41.5 Å². The van der Waals surface area contributed by atoms with Crippen molar-refractivity contribution in [1.29, 1.82) is 0 Å². The summed E-state index contributed by atoms with van der Waals surface area (Å²) in [6.07, 6.45) is 0.743. The molecule has 3 rings (SSSR count). The number of carbonyl (C=O) groups excluding carboxylic acids is 1. The summed E-state index contributed by atoms with van der Waals surface area (Å²) in [4.78, 5) is 12.1. The third kappa shape index (κ3) is 3.46. The van der Waals surface area contributed by atoms with Gasteiger partial charge in [-0.05, 0) is 41.0 Å². The molecule has 23 heavy (non-hydrogen) atoms. The zero-order valence-electron chi connectivity index (χ0n) is 13.0. The van der Waals surface area contributed by atoms with Gasteiger partial charge in [-0.2, -0.15) is 5.10 Å². The summed E-state index contributed by atoms with van der Waals surface area (Å²) in [7, 11) is 0. The van der Waals surface area contributed by atoms with Gasteiger partial charge in [0.2, 0.25) is 0 Å². The number of fused-ring (bicyclic) bond motifs is 1. The molecule has 3 heteroatoms. The van der Waals surface area contributed by atoms with Crippen molar-refractivity contribution >= 4 is 22.4 Å². The molecule has 1 amide bonds. The van der Waals surface area contributed by atoms with Crippen molar-refractivity contribution in [2.75, 3.05) is 0 Å². The fourth-order valence-corrected chi connectivity index (χ4v) is 2.49. The Bertz CT molecular complexity index is 854. The molecule has 0 atom stereocenters. The Hall–Kier alpha value is -2.94. The lowest BCUT2D eigenvalue weighted by molar-refractivity contribution is 0.0955. The molecule has 0 aromatic heterocycles. The van der Waals surface area contributed by atoms with Crippen molar-refractivity contribution in [3.63, 3.8) is 0 Å². The van der Waals surface area contributed by atoms with Crippen LogP contribution in [0.25, 0.3) is 10.8 Å². The minimum atomic E-state index is -0.197. The van der Waals surface area contributed by atoms with Crippen molar-refractivity contribution in [1.82, 2.24) is 5.43 Å². The second-order valence-corrected chi connectivity index (χ2v) is 5.28. The summed E-state index contributed by atoms with van der Waals surface area (Å²) in [6, 6.07) is 23.5. The quantitative estimate of drug-likeness (QED) is 0.564. The third-order valence-electron chi connectivity index (χ3n) is 3.75. The first-order valence-corrected chi connectivity index (χ1v) is 7.69. The summed E-state index contributed by atoms with van der Waals surface area (Å²) >= 11 is 0. The van der Waals surface area contributed by atoms with Crippen molar-refractivity contribution in [2.24, 2.45) is 5.10 Å². The maximum atomic E-state index is 12.1. The van der Waals surface area contributed by atoms with Gasteiger partial charge in [-0.25, -0.2) is 5.43 Å². The molecule has 0 radical (unpaired) electrons. The molecular formula is C20H18N2O. The molecular weight excluding hydrogens is 284 g/mol. The van der Waals surface area contributed by atoms with E-state index in [9.17, 15) is 4.79 Å². The van der Waals surface area contributed by atoms with Gasteiger partial charge in [0.05, 0.1) is 5.71 Å². The molecule has 3 nitrogen and oxygen atoms in total. The van der Waals surface area contributed by atoms with Crippen LogP contribution >= 0.6 is 0 Å². The lowest BCUT2D eigenvalue weighted by Crippen LogP contribution is -2.19. The maximum Gasteiger partial charge on any atom is 0.271 e. The van der Waals surface area contributed by atoms with Gasteiger partial charge in [-0.3, -0.25) is 4.79 Å². The third-order valence-corrected chi connectivity index (χ3v) is 3.75. The van der Waals surface area contributed by atoms with E-state index in [-0.39, 0.29) is 5.91 Å². The lowest BCUT2D eigenvalue weighted by atomic mass is 10.0. The number of rotatable bonds is 4. The molecule has 0 bridgehead atoms. The van der Waals surface area contributed by atoms with Crippen LogP contribution in [-0.4, -0.2) is 11.6 Å². The second kappa shape index (κ2) is 6.88. The van der Waals surface area contributed by atoms with Gasteiger partial charge in [0, 0.05) is 5.56 Å². The van der Waals surface area contributed by atoms with Gasteiger partial charge in [-0.15, -0.1) is 0 Å². The average Bonchev–Trinajstić information content (AvgIpc) is 2.62. The highest BCUT2D eigenvalue weighted by molar-refractivity contribution is 6.04. The van der Waals surface area contributed by atoms with Crippen LogP contribution in [0.1, 0.15) is 29.3 Å². The predicted molar refractivity (Wildman–Crippen MR) is 94.7 cm³/mol. The molecule has 0 spiro atoms. The van der Waals surface area contributed by atoms with E-state index in [1.165, 1.54) is 10.8 Å². The minimum absolute atomic E-state index is 0.197. The molecule has 0 aliphatic rings. The van der Waals surface area contributed by atoms with E-state index in [1.807, 2.05) is 43.3 Å². The van der Waals surface area contributed by atoms with Gasteiger partial charge < -0.3 is 0 Å². The molecule has 0 unspecified atom stereocenters. The number of hydrogen-bond acceptors (Lipinski definition) is 2. The fourth-order valence-electron chi connectivity index (χ4n) is 2.49. The summed E-state index contributed by atoms with van der Waals surface area (Å²) in [6.45, 7) is 2.03. The fraction of sp³-hybridized carbons (Fsp3) is 0.100. The minimum Gasteiger partial charge on any atom is -0.267 e. The Kier molecular flexibility index (Phi) is 4.48. The second-order valence-electron chi connectivity index (χ2n) is 5.28. The first kappa shape index (κ1) is 15.0. The Balaban J connectivity index is 1.84. The standard InChI is InChI=1S/C20H18N2O/c1-2-19(21-22-20(23)16-9-4-3-5-10-16)18-13-12-15-8-6-7-11-17(15)14-18/h3-14H,2H2,1H3,(H,22,23)/b21-19+. The number of carbonyl (C=O) groups is 1. The zero-order chi connectivity index (χ0) is 16.1. The summed E-state index contributed by atoms with van der Waals surface area (Å²) in [5.41, 5.74) is 5.14. The van der Waals surface area contributed by atoms with Crippen molar-refractivity contribution in [3.8, 4) is 0 Å². The highest BCUT2D eigenvalue weighted by Gasteiger charge is 2.06. The van der Waals surface area contributed by atoms with Crippen LogP contribution in [0.3, 0.4) is 0 Å². The molecule has 3 aromatic rings. The summed E-state index contributed by atoms with van der Waals surface area (Å²) in [5, 5.41) is 6.67. The molecule has 0 aliphatic heterocycles. The highest BCUT2D eigenvalue weighted by atomic mass is 16.2. The highest BCUT2D eigenvalue weighted by Crippen LogP contribution is 2.17. The molecule has 0 aliphatic carbocycles. The van der Waals surface area contributed by atoms with Crippen LogP contribution < -0.4 is 5.43 Å². The Morgan fingerprint density at radius 1 is 0.870 bits per heavy atom. The molecule has 0 heterocycles. The van der Waals surface area contributed by atoms with Crippen LogP contribution in [0, 0.1) is 0 Å². The van der Waals surface area contributed by atoms with Gasteiger partial charge in [0.15, 0.2) is 0 Å². The molecule has 114 valence electrons. The monoisotopic (exact) mass is 302 g/mol. The van der Waals surface area contributed by atoms with Crippen LogP contribution in [0.4, 0.5) is 0 Å². The average molecular weight is 302 g/mol. The first-order valence-electron chi connectivity index (χ1n) is 7.69. The zero-order valence-corrected chi connectivity index (χ0v) is 13.0. The van der Waals surface area contributed by atoms with E-state index in [1.54, 1.807) is 12.1 Å². The van der Waals surface area contributed by atoms with Gasteiger partial charge >= 0.3 is 0 Å². The number of nitrogens with one attached hydrogen (secondary N) is 1.